The summed E-state index contributed by atoms with van der Waals surface area (Å²) in [4.78, 5) is 3.96. The standard InChI is InChI=1S/C13H11Cl2N/c1-9(10-5-3-2-4-6-10)13-11(14)7-16-8-12(13)15/h2-9H,1H3. The molecule has 0 aliphatic heterocycles. The Morgan fingerprint density at radius 2 is 1.56 bits per heavy atom. The minimum absolute atomic E-state index is 0.171. The molecule has 3 heteroatoms. The van der Waals surface area contributed by atoms with E-state index in [0.29, 0.717) is 10.0 Å². The van der Waals surface area contributed by atoms with Gasteiger partial charge in [-0.15, -0.1) is 0 Å². The lowest BCUT2D eigenvalue weighted by molar-refractivity contribution is 0.918. The summed E-state index contributed by atoms with van der Waals surface area (Å²) in [5, 5.41) is 1.23. The molecule has 0 fully saturated rings. The van der Waals surface area contributed by atoms with Gasteiger partial charge >= 0.3 is 0 Å². The van der Waals surface area contributed by atoms with E-state index in [9.17, 15) is 0 Å². The molecule has 0 radical (unpaired) electrons. The highest BCUT2D eigenvalue weighted by molar-refractivity contribution is 6.35. The Morgan fingerprint density at radius 1 is 1.00 bits per heavy atom. The predicted octanol–water partition coefficient (Wildman–Crippen LogP) is 4.54. The van der Waals surface area contributed by atoms with E-state index in [0.717, 1.165) is 5.56 Å². The van der Waals surface area contributed by atoms with Crippen molar-refractivity contribution in [3.8, 4) is 0 Å². The van der Waals surface area contributed by atoms with Crippen LogP contribution < -0.4 is 0 Å². The van der Waals surface area contributed by atoms with Crippen LogP contribution in [0.2, 0.25) is 10.0 Å². The highest BCUT2D eigenvalue weighted by Gasteiger charge is 2.15. The Balaban J connectivity index is 2.46. The molecule has 0 aliphatic rings. The van der Waals surface area contributed by atoms with Crippen LogP contribution >= 0.6 is 23.2 Å². The molecular formula is C13H11Cl2N. The number of benzene rings is 1. The fourth-order valence-corrected chi connectivity index (χ4v) is 2.44. The third kappa shape index (κ3) is 2.21. The van der Waals surface area contributed by atoms with Gasteiger partial charge in [-0.2, -0.15) is 0 Å². The molecule has 0 N–H and O–H groups in total. The number of pyridine rings is 1. The molecule has 0 saturated carbocycles. The van der Waals surface area contributed by atoms with Crippen LogP contribution in [0.5, 0.6) is 0 Å². The van der Waals surface area contributed by atoms with E-state index in [1.807, 2.05) is 18.2 Å². The van der Waals surface area contributed by atoms with Gasteiger partial charge in [-0.25, -0.2) is 0 Å². The highest BCUT2D eigenvalue weighted by atomic mass is 35.5. The second-order valence-electron chi connectivity index (χ2n) is 3.65. The van der Waals surface area contributed by atoms with Crippen molar-refractivity contribution in [1.29, 1.82) is 0 Å². The summed E-state index contributed by atoms with van der Waals surface area (Å²) < 4.78 is 0. The third-order valence-electron chi connectivity index (χ3n) is 2.62. The molecule has 1 heterocycles. The van der Waals surface area contributed by atoms with Gasteiger partial charge in [0.25, 0.3) is 0 Å². The predicted molar refractivity (Wildman–Crippen MR) is 68.2 cm³/mol. The highest BCUT2D eigenvalue weighted by Crippen LogP contribution is 2.34. The number of hydrogen-bond donors (Lipinski definition) is 0. The molecule has 2 rings (SSSR count). The molecule has 2 aromatic rings. The van der Waals surface area contributed by atoms with E-state index in [4.69, 9.17) is 23.2 Å². The Labute approximate surface area is 105 Å². The van der Waals surface area contributed by atoms with Crippen LogP contribution in [0, 0.1) is 0 Å². The lowest BCUT2D eigenvalue weighted by Crippen LogP contribution is -1.98. The maximum Gasteiger partial charge on any atom is 0.0642 e. The average molecular weight is 252 g/mol. The lowest BCUT2D eigenvalue weighted by atomic mass is 9.94. The van der Waals surface area contributed by atoms with Gasteiger partial charge in [0.2, 0.25) is 0 Å². The molecule has 82 valence electrons. The molecule has 0 bridgehead atoms. The summed E-state index contributed by atoms with van der Waals surface area (Å²) in [7, 11) is 0. The maximum atomic E-state index is 6.13. The van der Waals surface area contributed by atoms with Crippen molar-refractivity contribution in [2.24, 2.45) is 0 Å². The summed E-state index contributed by atoms with van der Waals surface area (Å²) in [6, 6.07) is 10.1. The molecule has 1 nitrogen and oxygen atoms in total. The van der Waals surface area contributed by atoms with Gasteiger partial charge in [0.05, 0.1) is 10.0 Å². The van der Waals surface area contributed by atoms with Gasteiger partial charge in [-0.1, -0.05) is 60.5 Å². The van der Waals surface area contributed by atoms with Crippen LogP contribution in [-0.2, 0) is 0 Å². The minimum atomic E-state index is 0.171. The van der Waals surface area contributed by atoms with E-state index in [1.165, 1.54) is 5.56 Å². The summed E-state index contributed by atoms with van der Waals surface area (Å²) in [6.07, 6.45) is 3.25. The van der Waals surface area contributed by atoms with E-state index < -0.39 is 0 Å². The first-order valence-corrected chi connectivity index (χ1v) is 5.79. The molecule has 0 amide bonds. The zero-order valence-corrected chi connectivity index (χ0v) is 10.3. The zero-order chi connectivity index (χ0) is 11.5. The van der Waals surface area contributed by atoms with Crippen LogP contribution in [0.25, 0.3) is 0 Å². The van der Waals surface area contributed by atoms with Crippen molar-refractivity contribution < 1.29 is 0 Å². The fraction of sp³-hybridized carbons (Fsp3) is 0.154. The SMILES string of the molecule is CC(c1ccccc1)c1c(Cl)cncc1Cl. The van der Waals surface area contributed by atoms with E-state index >= 15 is 0 Å². The minimum Gasteiger partial charge on any atom is -0.262 e. The van der Waals surface area contributed by atoms with Crippen molar-refractivity contribution >= 4 is 23.2 Å². The average Bonchev–Trinajstić information content (AvgIpc) is 2.30. The van der Waals surface area contributed by atoms with Crippen molar-refractivity contribution in [2.75, 3.05) is 0 Å². The van der Waals surface area contributed by atoms with E-state index in [1.54, 1.807) is 12.4 Å². The van der Waals surface area contributed by atoms with E-state index in [2.05, 4.69) is 24.0 Å². The number of halogens is 2. The first kappa shape index (κ1) is 11.4. The summed E-state index contributed by atoms with van der Waals surface area (Å²) in [5.74, 6) is 0.171. The van der Waals surface area contributed by atoms with Crippen LogP contribution in [0.1, 0.15) is 24.0 Å². The second kappa shape index (κ2) is 4.86. The molecular weight excluding hydrogens is 241 g/mol. The van der Waals surface area contributed by atoms with Crippen LogP contribution in [0.15, 0.2) is 42.7 Å². The van der Waals surface area contributed by atoms with Crippen molar-refractivity contribution in [2.45, 2.75) is 12.8 Å². The number of aromatic nitrogens is 1. The first-order chi connectivity index (χ1) is 7.70. The maximum absolute atomic E-state index is 6.13. The van der Waals surface area contributed by atoms with Gasteiger partial charge < -0.3 is 0 Å². The largest absolute Gasteiger partial charge is 0.262 e. The normalized spacial score (nSPS) is 12.4. The molecule has 1 aromatic heterocycles. The Bertz CT molecular complexity index is 462. The summed E-state index contributed by atoms with van der Waals surface area (Å²) >= 11 is 12.3. The van der Waals surface area contributed by atoms with Gasteiger partial charge in [0.1, 0.15) is 0 Å². The molecule has 1 aromatic carbocycles. The lowest BCUT2D eigenvalue weighted by Gasteiger charge is -2.15. The third-order valence-corrected chi connectivity index (χ3v) is 3.23. The van der Waals surface area contributed by atoms with Crippen LogP contribution in [-0.4, -0.2) is 4.98 Å². The molecule has 0 saturated heterocycles. The second-order valence-corrected chi connectivity index (χ2v) is 4.46. The quantitative estimate of drug-likeness (QED) is 0.764. The molecule has 0 spiro atoms. The van der Waals surface area contributed by atoms with Gasteiger partial charge in [0, 0.05) is 18.3 Å². The first-order valence-electron chi connectivity index (χ1n) is 5.04. The van der Waals surface area contributed by atoms with Gasteiger partial charge in [-0.3, -0.25) is 4.98 Å². The van der Waals surface area contributed by atoms with Gasteiger partial charge in [-0.05, 0) is 11.1 Å². The van der Waals surface area contributed by atoms with E-state index in [-0.39, 0.29) is 5.92 Å². The van der Waals surface area contributed by atoms with Crippen molar-refractivity contribution in [3.05, 3.63) is 63.9 Å². The van der Waals surface area contributed by atoms with Crippen molar-refractivity contribution in [3.63, 3.8) is 0 Å². The molecule has 0 aliphatic carbocycles. The zero-order valence-electron chi connectivity index (χ0n) is 8.82. The Morgan fingerprint density at radius 3 is 2.12 bits per heavy atom. The van der Waals surface area contributed by atoms with Gasteiger partial charge in [0.15, 0.2) is 0 Å². The van der Waals surface area contributed by atoms with Crippen LogP contribution in [0.4, 0.5) is 0 Å². The number of hydrogen-bond acceptors (Lipinski definition) is 1. The monoisotopic (exact) mass is 251 g/mol. The number of rotatable bonds is 2. The summed E-state index contributed by atoms with van der Waals surface area (Å²) in [5.41, 5.74) is 2.13. The molecule has 1 unspecified atom stereocenters. The van der Waals surface area contributed by atoms with Crippen molar-refractivity contribution in [1.82, 2.24) is 4.98 Å². The van der Waals surface area contributed by atoms with Crippen LogP contribution in [0.3, 0.4) is 0 Å². The summed E-state index contributed by atoms with van der Waals surface area (Å²) in [6.45, 7) is 2.09. The topological polar surface area (TPSA) is 12.9 Å². The Kier molecular flexibility index (Phi) is 3.47. The number of nitrogens with zero attached hydrogens (tertiary/aromatic N) is 1. The molecule has 1 atom stereocenters. The molecule has 16 heavy (non-hydrogen) atoms. The smallest absolute Gasteiger partial charge is 0.0642 e. The Hall–Kier alpha value is -1.05. The fourth-order valence-electron chi connectivity index (χ4n) is 1.74.